The van der Waals surface area contributed by atoms with Crippen LogP contribution < -0.4 is 10.6 Å². The van der Waals surface area contributed by atoms with Gasteiger partial charge in [0, 0.05) is 10.0 Å². The van der Waals surface area contributed by atoms with Crippen LogP contribution in [0.3, 0.4) is 0 Å². The van der Waals surface area contributed by atoms with Crippen LogP contribution in [0.15, 0.2) is 28.7 Å². The van der Waals surface area contributed by atoms with E-state index in [1.54, 1.807) is 31.2 Å². The second kappa shape index (κ2) is 6.93. The Morgan fingerprint density at radius 3 is 2.67 bits per heavy atom. The summed E-state index contributed by atoms with van der Waals surface area (Å²) in [7, 11) is 0. The van der Waals surface area contributed by atoms with Crippen molar-refractivity contribution < 1.29 is 9.59 Å². The number of H-pyrrole nitrogens is 1. The van der Waals surface area contributed by atoms with Crippen molar-refractivity contribution in [2.45, 2.75) is 13.0 Å². The minimum atomic E-state index is -0.388. The van der Waals surface area contributed by atoms with Gasteiger partial charge < -0.3 is 10.6 Å². The molecule has 21 heavy (non-hydrogen) atoms. The van der Waals surface area contributed by atoms with E-state index >= 15 is 0 Å². The summed E-state index contributed by atoms with van der Waals surface area (Å²) in [6.07, 6.45) is 0. The van der Waals surface area contributed by atoms with Gasteiger partial charge in [0.2, 0.25) is 5.91 Å². The van der Waals surface area contributed by atoms with E-state index in [4.69, 9.17) is 0 Å². The third kappa shape index (κ3) is 4.35. The topological polar surface area (TPSA) is 113 Å². The lowest BCUT2D eigenvalue weighted by Gasteiger charge is -2.10. The van der Waals surface area contributed by atoms with Crippen molar-refractivity contribution in [2.24, 2.45) is 0 Å². The number of benzene rings is 1. The van der Waals surface area contributed by atoms with Crippen molar-refractivity contribution in [1.82, 2.24) is 31.3 Å². The molecule has 0 aliphatic rings. The summed E-state index contributed by atoms with van der Waals surface area (Å²) in [6, 6.07) is 6.46. The number of amides is 2. The first-order valence-corrected chi connectivity index (χ1v) is 6.92. The normalized spacial score (nSPS) is 11.7. The summed E-state index contributed by atoms with van der Waals surface area (Å²) in [5.41, 5.74) is 0.484. The van der Waals surface area contributed by atoms with E-state index in [0.717, 1.165) is 4.47 Å². The van der Waals surface area contributed by atoms with Gasteiger partial charge in [0.05, 0.1) is 12.6 Å². The van der Waals surface area contributed by atoms with Crippen LogP contribution in [0.25, 0.3) is 0 Å². The van der Waals surface area contributed by atoms with Gasteiger partial charge in [-0.1, -0.05) is 21.1 Å². The van der Waals surface area contributed by atoms with Crippen LogP contribution >= 0.6 is 15.9 Å². The van der Waals surface area contributed by atoms with Gasteiger partial charge in [0.25, 0.3) is 5.91 Å². The maximum absolute atomic E-state index is 11.8. The quantitative estimate of drug-likeness (QED) is 0.728. The molecule has 3 N–H and O–H groups in total. The van der Waals surface area contributed by atoms with Crippen LogP contribution in [0.2, 0.25) is 0 Å². The van der Waals surface area contributed by atoms with Crippen LogP contribution in [0.1, 0.15) is 29.1 Å². The Morgan fingerprint density at radius 2 is 2.05 bits per heavy atom. The third-order valence-corrected chi connectivity index (χ3v) is 3.17. The van der Waals surface area contributed by atoms with Gasteiger partial charge >= 0.3 is 0 Å². The highest BCUT2D eigenvalue weighted by Crippen LogP contribution is 2.10. The van der Waals surface area contributed by atoms with Gasteiger partial charge in [-0.25, -0.2) is 0 Å². The Kier molecular flexibility index (Phi) is 4.99. The maximum atomic E-state index is 11.8. The summed E-state index contributed by atoms with van der Waals surface area (Å²) >= 11 is 3.29. The predicted molar refractivity (Wildman–Crippen MR) is 77.2 cm³/mol. The molecule has 0 bridgehead atoms. The highest BCUT2D eigenvalue weighted by molar-refractivity contribution is 9.10. The Bertz CT molecular complexity index is 613. The fraction of sp³-hybridized carbons (Fsp3) is 0.250. The van der Waals surface area contributed by atoms with Gasteiger partial charge in [0.1, 0.15) is 0 Å². The van der Waals surface area contributed by atoms with E-state index < -0.39 is 0 Å². The molecule has 2 amide bonds. The van der Waals surface area contributed by atoms with Crippen LogP contribution in [0, 0.1) is 0 Å². The molecule has 0 saturated heterocycles. The summed E-state index contributed by atoms with van der Waals surface area (Å²) in [5, 5.41) is 18.4. The molecular formula is C12H13BrN6O2. The molecule has 0 spiro atoms. The van der Waals surface area contributed by atoms with E-state index in [2.05, 4.69) is 47.2 Å². The summed E-state index contributed by atoms with van der Waals surface area (Å²) in [4.78, 5) is 23.5. The van der Waals surface area contributed by atoms with Crippen molar-refractivity contribution in [3.63, 3.8) is 0 Å². The molecule has 0 fully saturated rings. The Morgan fingerprint density at radius 1 is 1.33 bits per heavy atom. The van der Waals surface area contributed by atoms with E-state index in [-0.39, 0.29) is 24.4 Å². The van der Waals surface area contributed by atoms with Crippen molar-refractivity contribution in [2.75, 3.05) is 6.54 Å². The van der Waals surface area contributed by atoms with Crippen LogP contribution in [0.4, 0.5) is 0 Å². The Labute approximate surface area is 128 Å². The summed E-state index contributed by atoms with van der Waals surface area (Å²) in [5.74, 6) is -0.273. The lowest BCUT2D eigenvalue weighted by Crippen LogP contribution is -2.38. The number of carbonyl (C=O) groups excluding carboxylic acids is 2. The van der Waals surface area contributed by atoms with Crippen molar-refractivity contribution in [3.05, 3.63) is 40.1 Å². The number of nitrogens with zero attached hydrogens (tertiary/aromatic N) is 3. The average molecular weight is 353 g/mol. The monoisotopic (exact) mass is 352 g/mol. The first kappa shape index (κ1) is 15.1. The highest BCUT2D eigenvalue weighted by Gasteiger charge is 2.14. The Hall–Kier alpha value is -2.29. The molecule has 0 saturated carbocycles. The van der Waals surface area contributed by atoms with Crippen LogP contribution in [-0.2, 0) is 4.79 Å². The van der Waals surface area contributed by atoms with Crippen molar-refractivity contribution >= 4 is 27.7 Å². The molecule has 1 unspecified atom stereocenters. The zero-order chi connectivity index (χ0) is 15.2. The SMILES string of the molecule is CC(NC(=O)CNC(=O)c1ccc(Br)cc1)c1nn[nH]n1. The maximum Gasteiger partial charge on any atom is 0.251 e. The number of nitrogens with one attached hydrogen (secondary N) is 3. The van der Waals surface area contributed by atoms with Crippen LogP contribution in [0.5, 0.6) is 0 Å². The lowest BCUT2D eigenvalue weighted by atomic mass is 10.2. The zero-order valence-electron chi connectivity index (χ0n) is 11.1. The Balaban J connectivity index is 1.81. The highest BCUT2D eigenvalue weighted by atomic mass is 79.9. The molecular weight excluding hydrogens is 340 g/mol. The number of halogens is 1. The molecule has 1 atom stereocenters. The van der Waals surface area contributed by atoms with E-state index in [1.165, 1.54) is 0 Å². The number of aromatic amines is 1. The minimum Gasteiger partial charge on any atom is -0.345 e. The molecule has 1 aromatic heterocycles. The molecule has 0 aliphatic heterocycles. The van der Waals surface area contributed by atoms with Gasteiger partial charge in [-0.05, 0) is 31.2 Å². The fourth-order valence-electron chi connectivity index (χ4n) is 1.57. The first-order chi connectivity index (χ1) is 10.1. The number of rotatable bonds is 5. The van der Waals surface area contributed by atoms with Gasteiger partial charge in [0.15, 0.2) is 5.82 Å². The molecule has 9 heteroatoms. The zero-order valence-corrected chi connectivity index (χ0v) is 12.7. The number of hydrogen-bond acceptors (Lipinski definition) is 5. The number of hydrogen-bond donors (Lipinski definition) is 3. The molecule has 1 aromatic carbocycles. The van der Waals surface area contributed by atoms with E-state index in [1.807, 2.05) is 0 Å². The predicted octanol–water partition coefficient (Wildman–Crippen LogP) is 0.569. The number of aromatic nitrogens is 4. The largest absolute Gasteiger partial charge is 0.345 e. The molecule has 0 radical (unpaired) electrons. The minimum absolute atomic E-state index is 0.128. The third-order valence-electron chi connectivity index (χ3n) is 2.64. The first-order valence-electron chi connectivity index (χ1n) is 6.12. The average Bonchev–Trinajstić information content (AvgIpc) is 3.00. The second-order valence-corrected chi connectivity index (χ2v) is 5.16. The summed E-state index contributed by atoms with van der Waals surface area (Å²) < 4.78 is 0.880. The van der Waals surface area contributed by atoms with Crippen molar-refractivity contribution in [3.8, 4) is 0 Å². The van der Waals surface area contributed by atoms with Gasteiger partial charge in [-0.2, -0.15) is 5.21 Å². The second-order valence-electron chi connectivity index (χ2n) is 4.25. The number of carbonyl (C=O) groups is 2. The fourth-order valence-corrected chi connectivity index (χ4v) is 1.84. The molecule has 110 valence electrons. The molecule has 1 heterocycles. The summed E-state index contributed by atoms with van der Waals surface area (Å²) in [6.45, 7) is 1.59. The van der Waals surface area contributed by atoms with E-state index in [9.17, 15) is 9.59 Å². The van der Waals surface area contributed by atoms with Gasteiger partial charge in [-0.15, -0.1) is 10.2 Å². The smallest absolute Gasteiger partial charge is 0.251 e. The molecule has 2 rings (SSSR count). The lowest BCUT2D eigenvalue weighted by molar-refractivity contribution is -0.120. The van der Waals surface area contributed by atoms with Crippen molar-refractivity contribution in [1.29, 1.82) is 0 Å². The number of tetrazole rings is 1. The molecule has 2 aromatic rings. The van der Waals surface area contributed by atoms with Crippen LogP contribution in [-0.4, -0.2) is 39.0 Å². The standard InChI is InChI=1S/C12H13BrN6O2/c1-7(11-16-18-19-17-11)15-10(20)6-14-12(21)8-2-4-9(13)5-3-8/h2-5,7H,6H2,1H3,(H,14,21)(H,15,20)(H,16,17,18,19). The molecule has 0 aliphatic carbocycles. The van der Waals surface area contributed by atoms with E-state index in [0.29, 0.717) is 11.4 Å². The molecule has 8 nitrogen and oxygen atoms in total. The van der Waals surface area contributed by atoms with Gasteiger partial charge in [-0.3, -0.25) is 9.59 Å².